The monoisotopic (exact) mass is 306 g/mol. The lowest BCUT2D eigenvalue weighted by atomic mass is 9.97. The van der Waals surface area contributed by atoms with Gasteiger partial charge in [-0.1, -0.05) is 18.2 Å². The van der Waals surface area contributed by atoms with Crippen molar-refractivity contribution < 1.29 is 8.42 Å². The van der Waals surface area contributed by atoms with Crippen LogP contribution in [0.5, 0.6) is 0 Å². The first-order valence-corrected chi connectivity index (χ1v) is 9.01. The predicted molar refractivity (Wildman–Crippen MR) is 83.2 cm³/mol. The third-order valence-electron chi connectivity index (χ3n) is 4.26. The van der Waals surface area contributed by atoms with Crippen LogP contribution in [0.15, 0.2) is 18.2 Å². The Morgan fingerprint density at radius 3 is 2.86 bits per heavy atom. The van der Waals surface area contributed by atoms with Crippen LogP contribution in [0.3, 0.4) is 0 Å². The Morgan fingerprint density at radius 2 is 2.14 bits per heavy atom. The fourth-order valence-corrected chi connectivity index (χ4v) is 4.73. The molecule has 114 valence electrons. The van der Waals surface area contributed by atoms with Crippen molar-refractivity contribution in [1.82, 2.24) is 4.31 Å². The van der Waals surface area contributed by atoms with Crippen LogP contribution in [-0.2, 0) is 10.0 Å². The molecule has 1 aromatic rings. The average molecular weight is 306 g/mol. The molecule has 1 unspecified atom stereocenters. The molecular formula is C16H22N2O2S. The highest BCUT2D eigenvalue weighted by Crippen LogP contribution is 2.36. The Hall–Kier alpha value is -1.38. The lowest BCUT2D eigenvalue weighted by Crippen LogP contribution is -2.33. The van der Waals surface area contributed by atoms with Crippen molar-refractivity contribution in [3.8, 4) is 6.07 Å². The standard InChI is InChI=1S/C16H22N2O2S/c1-13-7-5-8-15(14(13)2)16-9-6-11-18(16)21(19,20)12-4-3-10-17/h5,7-8,16H,3-4,6,9,11-12H2,1-2H3. The van der Waals surface area contributed by atoms with Gasteiger partial charge < -0.3 is 0 Å². The molecule has 1 atom stereocenters. The van der Waals surface area contributed by atoms with Gasteiger partial charge in [0.25, 0.3) is 0 Å². The number of aryl methyl sites for hydroxylation is 1. The first-order chi connectivity index (χ1) is 9.97. The summed E-state index contributed by atoms with van der Waals surface area (Å²) in [6, 6.07) is 8.05. The quantitative estimate of drug-likeness (QED) is 0.785. The van der Waals surface area contributed by atoms with Gasteiger partial charge in [-0.15, -0.1) is 0 Å². The van der Waals surface area contributed by atoms with E-state index in [1.165, 1.54) is 11.1 Å². The summed E-state index contributed by atoms with van der Waals surface area (Å²) in [4.78, 5) is 0. The summed E-state index contributed by atoms with van der Waals surface area (Å²) in [7, 11) is -3.28. The third kappa shape index (κ3) is 3.45. The number of unbranched alkanes of at least 4 members (excludes halogenated alkanes) is 1. The van der Waals surface area contributed by atoms with Crippen molar-refractivity contribution >= 4 is 10.0 Å². The van der Waals surface area contributed by atoms with Gasteiger partial charge >= 0.3 is 0 Å². The van der Waals surface area contributed by atoms with Crippen LogP contribution in [0.2, 0.25) is 0 Å². The van der Waals surface area contributed by atoms with Crippen molar-refractivity contribution in [3.05, 3.63) is 34.9 Å². The van der Waals surface area contributed by atoms with Crippen LogP contribution < -0.4 is 0 Å². The van der Waals surface area contributed by atoms with Crippen molar-refractivity contribution in [2.45, 2.75) is 45.6 Å². The zero-order chi connectivity index (χ0) is 15.5. The molecule has 5 heteroatoms. The molecule has 1 aromatic carbocycles. The molecule has 0 bridgehead atoms. The molecule has 1 heterocycles. The average Bonchev–Trinajstić information content (AvgIpc) is 2.92. The van der Waals surface area contributed by atoms with Crippen molar-refractivity contribution in [1.29, 1.82) is 5.26 Å². The summed E-state index contributed by atoms with van der Waals surface area (Å²) in [6.45, 7) is 4.70. The Balaban J connectivity index is 2.25. The van der Waals surface area contributed by atoms with Gasteiger partial charge in [0.05, 0.1) is 17.9 Å². The van der Waals surface area contributed by atoms with Crippen LogP contribution in [0, 0.1) is 25.2 Å². The smallest absolute Gasteiger partial charge is 0.212 e. The number of nitriles is 1. The second-order valence-electron chi connectivity index (χ2n) is 5.64. The second kappa shape index (κ2) is 6.59. The molecule has 4 nitrogen and oxygen atoms in total. The molecule has 0 spiro atoms. The first-order valence-electron chi connectivity index (χ1n) is 7.40. The Labute approximate surface area is 127 Å². The summed E-state index contributed by atoms with van der Waals surface area (Å²) in [5.41, 5.74) is 3.50. The Kier molecular flexibility index (Phi) is 5.02. The van der Waals surface area contributed by atoms with Crippen LogP contribution in [0.25, 0.3) is 0 Å². The molecule has 1 saturated heterocycles. The highest BCUT2D eigenvalue weighted by atomic mass is 32.2. The van der Waals surface area contributed by atoms with E-state index in [0.29, 0.717) is 19.4 Å². The fourth-order valence-electron chi connectivity index (χ4n) is 2.97. The minimum Gasteiger partial charge on any atom is -0.212 e. The van der Waals surface area contributed by atoms with Crippen LogP contribution in [0.4, 0.5) is 0 Å². The number of sulfonamides is 1. The van der Waals surface area contributed by atoms with E-state index in [9.17, 15) is 8.42 Å². The molecule has 1 aliphatic heterocycles. The summed E-state index contributed by atoms with van der Waals surface area (Å²) in [5.74, 6) is 0.0714. The molecule has 1 fully saturated rings. The Morgan fingerprint density at radius 1 is 1.38 bits per heavy atom. The highest BCUT2D eigenvalue weighted by molar-refractivity contribution is 7.89. The van der Waals surface area contributed by atoms with Gasteiger partial charge in [0.15, 0.2) is 0 Å². The number of hydrogen-bond acceptors (Lipinski definition) is 3. The van der Waals surface area contributed by atoms with Crippen LogP contribution in [0.1, 0.15) is 48.4 Å². The normalized spacial score (nSPS) is 19.6. The molecule has 2 rings (SSSR count). The van der Waals surface area contributed by atoms with Gasteiger partial charge in [0.1, 0.15) is 0 Å². The van der Waals surface area contributed by atoms with E-state index in [1.54, 1.807) is 4.31 Å². The maximum Gasteiger partial charge on any atom is 0.214 e. The number of nitrogens with zero attached hydrogens (tertiary/aromatic N) is 2. The van der Waals surface area contributed by atoms with Gasteiger partial charge in [-0.3, -0.25) is 0 Å². The lowest BCUT2D eigenvalue weighted by molar-refractivity contribution is 0.395. The van der Waals surface area contributed by atoms with Gasteiger partial charge in [-0.25, -0.2) is 8.42 Å². The summed E-state index contributed by atoms with van der Waals surface area (Å²) < 4.78 is 26.7. The minimum absolute atomic E-state index is 0.0445. The topological polar surface area (TPSA) is 61.2 Å². The highest BCUT2D eigenvalue weighted by Gasteiger charge is 2.35. The number of benzene rings is 1. The molecule has 0 amide bonds. The zero-order valence-corrected chi connectivity index (χ0v) is 13.5. The Bertz CT molecular complexity index is 647. The van der Waals surface area contributed by atoms with E-state index in [1.807, 2.05) is 18.2 Å². The van der Waals surface area contributed by atoms with E-state index < -0.39 is 10.0 Å². The maximum absolute atomic E-state index is 12.5. The first kappa shape index (κ1) is 16.0. The fraction of sp³-hybridized carbons (Fsp3) is 0.562. The number of rotatable bonds is 5. The van der Waals surface area contributed by atoms with Crippen molar-refractivity contribution in [3.63, 3.8) is 0 Å². The predicted octanol–water partition coefficient (Wildman–Crippen LogP) is 3.07. The van der Waals surface area contributed by atoms with Crippen LogP contribution in [-0.4, -0.2) is 25.0 Å². The summed E-state index contributed by atoms with van der Waals surface area (Å²) >= 11 is 0. The lowest BCUT2D eigenvalue weighted by Gasteiger charge is -2.26. The van der Waals surface area contributed by atoms with Gasteiger partial charge in [-0.05, 0) is 49.8 Å². The van der Waals surface area contributed by atoms with E-state index in [0.717, 1.165) is 18.4 Å². The van der Waals surface area contributed by atoms with E-state index in [-0.39, 0.29) is 11.8 Å². The SMILES string of the molecule is Cc1cccc(C2CCCN2S(=O)(=O)CCCC#N)c1C. The van der Waals surface area contributed by atoms with Crippen molar-refractivity contribution in [2.75, 3.05) is 12.3 Å². The largest absolute Gasteiger partial charge is 0.214 e. The molecule has 0 N–H and O–H groups in total. The molecule has 21 heavy (non-hydrogen) atoms. The molecule has 1 aliphatic rings. The molecular weight excluding hydrogens is 284 g/mol. The maximum atomic E-state index is 12.5. The second-order valence-corrected chi connectivity index (χ2v) is 7.68. The van der Waals surface area contributed by atoms with Crippen molar-refractivity contribution in [2.24, 2.45) is 0 Å². The van der Waals surface area contributed by atoms with E-state index in [4.69, 9.17) is 5.26 Å². The van der Waals surface area contributed by atoms with Gasteiger partial charge in [0.2, 0.25) is 10.0 Å². The molecule has 0 saturated carbocycles. The summed E-state index contributed by atoms with van der Waals surface area (Å²) in [5, 5.41) is 8.57. The summed E-state index contributed by atoms with van der Waals surface area (Å²) in [6.07, 6.45) is 2.48. The molecule has 0 radical (unpaired) electrons. The van der Waals surface area contributed by atoms with Gasteiger partial charge in [-0.2, -0.15) is 9.57 Å². The minimum atomic E-state index is -3.28. The van der Waals surface area contributed by atoms with Gasteiger partial charge in [0, 0.05) is 13.0 Å². The van der Waals surface area contributed by atoms with Crippen LogP contribution >= 0.6 is 0 Å². The third-order valence-corrected chi connectivity index (χ3v) is 6.21. The molecule has 0 aliphatic carbocycles. The zero-order valence-electron chi connectivity index (χ0n) is 12.7. The van der Waals surface area contributed by atoms with E-state index >= 15 is 0 Å². The number of hydrogen-bond donors (Lipinski definition) is 0. The molecule has 0 aromatic heterocycles. The van der Waals surface area contributed by atoms with E-state index in [2.05, 4.69) is 19.9 Å².